The number of nitrogens with zero attached hydrogens (tertiary/aromatic N) is 3. The Labute approximate surface area is 191 Å². The van der Waals surface area contributed by atoms with Crippen molar-refractivity contribution in [2.45, 2.75) is 60.8 Å². The predicted molar refractivity (Wildman–Crippen MR) is 118 cm³/mol. The predicted octanol–water partition coefficient (Wildman–Crippen LogP) is 3.49. The Morgan fingerprint density at radius 2 is 2.12 bits per heavy atom. The minimum Gasteiger partial charge on any atom is -0.465 e. The molecule has 1 amide bonds. The second-order valence-corrected chi connectivity index (χ2v) is 10.6. The van der Waals surface area contributed by atoms with Crippen molar-refractivity contribution in [1.82, 2.24) is 15.1 Å². The SMILES string of the molecule is CO[C@H]1CC[C@H](S(=O)(=O)c2ccc(-n3cc(C)cn3)cc2Cl)C1.N#CC1(NC(=O)O)CC1. The highest BCUT2D eigenvalue weighted by molar-refractivity contribution is 7.92. The van der Waals surface area contributed by atoms with E-state index in [4.69, 9.17) is 26.7 Å². The highest BCUT2D eigenvalue weighted by Crippen LogP contribution is 2.35. The van der Waals surface area contributed by atoms with Gasteiger partial charge >= 0.3 is 6.09 Å². The number of halogens is 1. The number of rotatable bonds is 5. The lowest BCUT2D eigenvalue weighted by atomic mass is 10.3. The van der Waals surface area contributed by atoms with Gasteiger partial charge in [-0.2, -0.15) is 10.4 Å². The molecule has 172 valence electrons. The summed E-state index contributed by atoms with van der Waals surface area (Å²) in [6.07, 6.45) is 5.69. The van der Waals surface area contributed by atoms with Crippen molar-refractivity contribution in [3.8, 4) is 11.8 Å². The number of aromatic nitrogens is 2. The van der Waals surface area contributed by atoms with E-state index >= 15 is 0 Å². The lowest BCUT2D eigenvalue weighted by molar-refractivity contribution is 0.109. The molecule has 0 aliphatic heterocycles. The molecule has 2 aliphatic rings. The highest BCUT2D eigenvalue weighted by Gasteiger charge is 2.44. The Balaban J connectivity index is 0.000000269. The van der Waals surface area contributed by atoms with E-state index in [0.717, 1.165) is 17.7 Å². The molecular formula is C21H25ClN4O5S. The molecule has 0 bridgehead atoms. The third-order valence-corrected chi connectivity index (χ3v) is 8.32. The first kappa shape index (κ1) is 24.0. The zero-order valence-corrected chi connectivity index (χ0v) is 19.4. The number of nitrogens with one attached hydrogen (secondary N) is 1. The molecule has 2 N–H and O–H groups in total. The van der Waals surface area contributed by atoms with E-state index in [0.29, 0.717) is 25.7 Å². The first-order chi connectivity index (χ1) is 15.1. The maximum atomic E-state index is 12.8. The summed E-state index contributed by atoms with van der Waals surface area (Å²) in [6.45, 7) is 1.94. The van der Waals surface area contributed by atoms with Crippen molar-refractivity contribution < 1.29 is 23.1 Å². The Hall–Kier alpha value is -2.61. The number of carbonyl (C=O) groups is 1. The van der Waals surface area contributed by atoms with Crippen LogP contribution in [0.2, 0.25) is 5.02 Å². The molecule has 2 saturated carbocycles. The summed E-state index contributed by atoms with van der Waals surface area (Å²) in [5.41, 5.74) is 1.03. The molecule has 1 aromatic carbocycles. The number of sulfone groups is 1. The summed E-state index contributed by atoms with van der Waals surface area (Å²) in [6, 6.07) is 6.84. The van der Waals surface area contributed by atoms with E-state index in [-0.39, 0.29) is 16.0 Å². The second-order valence-electron chi connectivity index (χ2n) is 8.04. The zero-order valence-electron chi connectivity index (χ0n) is 17.8. The molecule has 9 nitrogen and oxygen atoms in total. The molecule has 0 unspecified atom stereocenters. The van der Waals surface area contributed by atoms with Crippen LogP contribution in [0.25, 0.3) is 5.69 Å². The van der Waals surface area contributed by atoms with Crippen LogP contribution >= 0.6 is 11.6 Å². The summed E-state index contributed by atoms with van der Waals surface area (Å²) in [5, 5.41) is 22.6. The first-order valence-corrected chi connectivity index (χ1v) is 12.0. The summed E-state index contributed by atoms with van der Waals surface area (Å²) >= 11 is 6.27. The van der Waals surface area contributed by atoms with E-state index in [1.165, 1.54) is 0 Å². The smallest absolute Gasteiger partial charge is 0.405 e. The minimum absolute atomic E-state index is 0.0138. The van der Waals surface area contributed by atoms with Crippen LogP contribution in [0.15, 0.2) is 35.5 Å². The molecule has 2 atom stereocenters. The third kappa shape index (κ3) is 5.41. The van der Waals surface area contributed by atoms with Crippen LogP contribution in [0.3, 0.4) is 0 Å². The summed E-state index contributed by atoms with van der Waals surface area (Å²) in [4.78, 5) is 10.1. The molecule has 0 spiro atoms. The third-order valence-electron chi connectivity index (χ3n) is 5.62. The van der Waals surface area contributed by atoms with Gasteiger partial charge in [0.25, 0.3) is 0 Å². The van der Waals surface area contributed by atoms with Crippen LogP contribution in [0.5, 0.6) is 0 Å². The number of methoxy groups -OCH3 is 1. The van der Waals surface area contributed by atoms with Gasteiger partial charge in [0.1, 0.15) is 5.54 Å². The number of hydrogen-bond donors (Lipinski definition) is 2. The Morgan fingerprint density at radius 3 is 2.56 bits per heavy atom. The van der Waals surface area contributed by atoms with Gasteiger partial charge in [-0.05, 0) is 62.8 Å². The van der Waals surface area contributed by atoms with Crippen molar-refractivity contribution in [3.05, 3.63) is 41.2 Å². The van der Waals surface area contributed by atoms with Crippen molar-refractivity contribution in [2.75, 3.05) is 7.11 Å². The van der Waals surface area contributed by atoms with Crippen molar-refractivity contribution >= 4 is 27.5 Å². The van der Waals surface area contributed by atoms with Gasteiger partial charge in [0.2, 0.25) is 0 Å². The first-order valence-electron chi connectivity index (χ1n) is 10.1. The largest absolute Gasteiger partial charge is 0.465 e. The van der Waals surface area contributed by atoms with Crippen molar-refractivity contribution in [2.24, 2.45) is 0 Å². The number of hydrogen-bond acceptors (Lipinski definition) is 6. The minimum atomic E-state index is -3.45. The van der Waals surface area contributed by atoms with Gasteiger partial charge < -0.3 is 15.2 Å². The zero-order chi connectivity index (χ0) is 23.5. The Kier molecular flexibility index (Phi) is 7.12. The fraction of sp³-hybridized carbons (Fsp3) is 0.476. The van der Waals surface area contributed by atoms with Crippen molar-refractivity contribution in [3.63, 3.8) is 0 Å². The lowest BCUT2D eigenvalue weighted by Crippen LogP contribution is -2.33. The number of ether oxygens (including phenoxy) is 1. The average molecular weight is 481 g/mol. The molecule has 1 heterocycles. The molecule has 0 radical (unpaired) electrons. The molecule has 4 rings (SSSR count). The van der Waals surface area contributed by atoms with Gasteiger partial charge in [-0.15, -0.1) is 0 Å². The number of nitriles is 1. The number of benzene rings is 1. The van der Waals surface area contributed by atoms with E-state index in [1.54, 1.807) is 36.2 Å². The maximum Gasteiger partial charge on any atom is 0.405 e. The normalized spacial score (nSPS) is 21.2. The second kappa shape index (κ2) is 9.48. The van der Waals surface area contributed by atoms with Crippen molar-refractivity contribution in [1.29, 1.82) is 5.26 Å². The molecule has 0 saturated heterocycles. The van der Waals surface area contributed by atoms with Gasteiger partial charge in [-0.25, -0.2) is 17.9 Å². The van der Waals surface area contributed by atoms with Crippen LogP contribution in [-0.2, 0) is 14.6 Å². The highest BCUT2D eigenvalue weighted by atomic mass is 35.5. The van der Waals surface area contributed by atoms with Gasteiger partial charge in [-0.1, -0.05) is 11.6 Å². The average Bonchev–Trinajstić information content (AvgIpc) is 3.14. The fourth-order valence-electron chi connectivity index (χ4n) is 3.59. The molecule has 32 heavy (non-hydrogen) atoms. The van der Waals surface area contributed by atoms with Gasteiger partial charge in [-0.3, -0.25) is 0 Å². The van der Waals surface area contributed by atoms with Crippen LogP contribution in [0.4, 0.5) is 4.79 Å². The molecular weight excluding hydrogens is 456 g/mol. The van der Waals surface area contributed by atoms with E-state index in [9.17, 15) is 13.2 Å². The number of aryl methyl sites for hydroxylation is 1. The lowest BCUT2D eigenvalue weighted by Gasteiger charge is -2.14. The molecule has 1 aromatic heterocycles. The quantitative estimate of drug-likeness (QED) is 0.668. The van der Waals surface area contributed by atoms with Crippen LogP contribution in [-0.4, -0.2) is 53.4 Å². The topological polar surface area (TPSA) is 134 Å². The van der Waals surface area contributed by atoms with Gasteiger partial charge in [0.15, 0.2) is 9.84 Å². The maximum absolute atomic E-state index is 12.8. The standard InChI is InChI=1S/C16H19ClN2O3S.C5H6N2O2/c1-11-9-18-19(10-11)12-3-6-16(15(17)7-12)23(20,21)14-5-4-13(8-14)22-2;6-3-5(1-2-5)7-4(8)9/h3,6-7,9-10,13-14H,4-5,8H2,1-2H3;7H,1-2H2,(H,8,9)/t13-,14-;/m0./s1. The van der Waals surface area contributed by atoms with Crippen LogP contribution in [0.1, 0.15) is 37.7 Å². The van der Waals surface area contributed by atoms with Gasteiger partial charge in [0, 0.05) is 13.3 Å². The number of carboxylic acid groups (broad SMARTS) is 1. The van der Waals surface area contributed by atoms with Gasteiger partial charge in [0.05, 0.1) is 39.2 Å². The Bertz CT molecular complexity index is 1140. The van der Waals surface area contributed by atoms with E-state index in [1.807, 2.05) is 19.2 Å². The summed E-state index contributed by atoms with van der Waals surface area (Å²) < 4.78 is 32.6. The molecule has 2 aromatic rings. The summed E-state index contributed by atoms with van der Waals surface area (Å²) in [7, 11) is -1.83. The molecule has 2 fully saturated rings. The summed E-state index contributed by atoms with van der Waals surface area (Å²) in [5.74, 6) is 0. The van der Waals surface area contributed by atoms with E-state index < -0.39 is 26.7 Å². The monoisotopic (exact) mass is 480 g/mol. The Morgan fingerprint density at radius 1 is 1.41 bits per heavy atom. The van der Waals surface area contributed by atoms with E-state index in [2.05, 4.69) is 10.4 Å². The fourth-order valence-corrected chi connectivity index (χ4v) is 5.95. The van der Waals surface area contributed by atoms with Crippen LogP contribution < -0.4 is 5.32 Å². The molecule has 2 aliphatic carbocycles. The molecule has 11 heteroatoms. The number of amides is 1. The van der Waals surface area contributed by atoms with Crippen LogP contribution in [0, 0.1) is 18.3 Å².